The Balaban J connectivity index is 1.62. The molecule has 1 aliphatic carbocycles. The first-order valence-electron chi connectivity index (χ1n) is 8.95. The Bertz CT molecular complexity index is 1170. The van der Waals surface area contributed by atoms with Crippen LogP contribution in [0, 0.1) is 0 Å². The lowest BCUT2D eigenvalue weighted by molar-refractivity contribution is -0.142. The SMILES string of the molecule is NC(=O)c1sc(Oc2ccc3c(c2)OCO3)c2c1CCc1cnn(CC(F)(F)F)c1-2. The maximum atomic E-state index is 13.1. The maximum absolute atomic E-state index is 13.1. The number of aromatic nitrogens is 2. The fourth-order valence-corrected chi connectivity index (χ4v) is 4.76. The second-order valence-corrected chi connectivity index (χ2v) is 7.83. The van der Waals surface area contributed by atoms with Gasteiger partial charge >= 0.3 is 6.18 Å². The number of carbonyl (C=O) groups excluding carboxylic acids is 1. The Morgan fingerprint density at radius 3 is 2.83 bits per heavy atom. The topological polar surface area (TPSA) is 88.6 Å². The first-order chi connectivity index (χ1) is 14.3. The maximum Gasteiger partial charge on any atom is 0.408 e. The van der Waals surface area contributed by atoms with E-state index in [9.17, 15) is 18.0 Å². The van der Waals surface area contributed by atoms with Crippen LogP contribution >= 0.6 is 11.3 Å². The van der Waals surface area contributed by atoms with Gasteiger partial charge in [-0.05, 0) is 36.1 Å². The minimum Gasteiger partial charge on any atom is -0.454 e. The van der Waals surface area contributed by atoms with Crippen LogP contribution in [0.25, 0.3) is 11.3 Å². The van der Waals surface area contributed by atoms with Crippen LogP contribution in [0.1, 0.15) is 20.8 Å². The van der Waals surface area contributed by atoms with E-state index in [1.807, 2.05) is 0 Å². The second kappa shape index (κ2) is 6.66. The number of hydrogen-bond acceptors (Lipinski definition) is 6. The average Bonchev–Trinajstić information content (AvgIpc) is 3.37. The fraction of sp³-hybridized carbons (Fsp3) is 0.263. The summed E-state index contributed by atoms with van der Waals surface area (Å²) in [4.78, 5) is 12.3. The standard InChI is InChI=1S/C19H14F3N3O4S/c20-19(21,22)7-25-15-9(6-24-25)1-3-11-14(15)18(30-16(11)17(23)26)29-10-2-4-12-13(5-10)28-8-27-12/h2,4-6H,1,3,7-8H2,(H2,23,26). The lowest BCUT2D eigenvalue weighted by atomic mass is 9.91. The zero-order valence-corrected chi connectivity index (χ0v) is 16.1. The van der Waals surface area contributed by atoms with Crippen LogP contribution in [0.5, 0.6) is 22.3 Å². The highest BCUT2D eigenvalue weighted by Gasteiger charge is 2.35. The number of fused-ring (bicyclic) bond motifs is 4. The van der Waals surface area contributed by atoms with Crippen molar-refractivity contribution in [1.82, 2.24) is 9.78 Å². The Kier molecular flexibility index (Phi) is 4.17. The van der Waals surface area contributed by atoms with Crippen molar-refractivity contribution in [2.24, 2.45) is 5.73 Å². The van der Waals surface area contributed by atoms with Crippen molar-refractivity contribution in [3.05, 3.63) is 40.4 Å². The summed E-state index contributed by atoms with van der Waals surface area (Å²) in [6, 6.07) is 4.95. The number of carbonyl (C=O) groups is 1. The minimum absolute atomic E-state index is 0.0962. The fourth-order valence-electron chi connectivity index (χ4n) is 3.68. The molecule has 1 amide bonds. The average molecular weight is 437 g/mol. The summed E-state index contributed by atoms with van der Waals surface area (Å²) in [7, 11) is 0. The van der Waals surface area contributed by atoms with E-state index >= 15 is 0 Å². The molecule has 0 atom stereocenters. The van der Waals surface area contributed by atoms with Gasteiger partial charge in [-0.3, -0.25) is 9.48 Å². The highest BCUT2D eigenvalue weighted by atomic mass is 32.1. The zero-order valence-electron chi connectivity index (χ0n) is 15.3. The highest BCUT2D eigenvalue weighted by molar-refractivity contribution is 7.16. The largest absolute Gasteiger partial charge is 0.454 e. The summed E-state index contributed by atoms with van der Waals surface area (Å²) in [6.07, 6.45) is -2.10. The molecule has 30 heavy (non-hydrogen) atoms. The number of nitrogens with zero attached hydrogens (tertiary/aromatic N) is 2. The van der Waals surface area contributed by atoms with E-state index in [4.69, 9.17) is 19.9 Å². The van der Waals surface area contributed by atoms with Crippen LogP contribution in [0.4, 0.5) is 13.2 Å². The minimum atomic E-state index is -4.45. The smallest absolute Gasteiger partial charge is 0.408 e. The molecule has 7 nitrogen and oxygen atoms in total. The number of ether oxygens (including phenoxy) is 3. The Morgan fingerprint density at radius 1 is 1.27 bits per heavy atom. The van der Waals surface area contributed by atoms with Gasteiger partial charge in [0.25, 0.3) is 5.91 Å². The summed E-state index contributed by atoms with van der Waals surface area (Å²) in [5, 5.41) is 4.20. The monoisotopic (exact) mass is 437 g/mol. The van der Waals surface area contributed by atoms with Crippen molar-refractivity contribution >= 4 is 17.2 Å². The predicted octanol–water partition coefficient (Wildman–Crippen LogP) is 3.89. The van der Waals surface area contributed by atoms with Crippen molar-refractivity contribution in [1.29, 1.82) is 0 Å². The summed E-state index contributed by atoms with van der Waals surface area (Å²) >= 11 is 1.01. The zero-order chi connectivity index (χ0) is 21.0. The molecule has 2 aromatic heterocycles. The molecule has 0 bridgehead atoms. The third kappa shape index (κ3) is 3.15. The van der Waals surface area contributed by atoms with Gasteiger partial charge in [-0.1, -0.05) is 11.3 Å². The van der Waals surface area contributed by atoms with Gasteiger partial charge in [0.15, 0.2) is 16.6 Å². The molecule has 3 heterocycles. The molecule has 156 valence electrons. The highest BCUT2D eigenvalue weighted by Crippen LogP contribution is 2.49. The van der Waals surface area contributed by atoms with Gasteiger partial charge in [0, 0.05) is 6.07 Å². The van der Waals surface area contributed by atoms with Gasteiger partial charge in [-0.25, -0.2) is 0 Å². The first kappa shape index (κ1) is 18.8. The molecular weight excluding hydrogens is 423 g/mol. The molecule has 1 aliphatic heterocycles. The number of primary amides is 1. The number of alkyl halides is 3. The van der Waals surface area contributed by atoms with Crippen molar-refractivity contribution < 1.29 is 32.2 Å². The third-order valence-corrected chi connectivity index (χ3v) is 6.00. The molecule has 11 heteroatoms. The van der Waals surface area contributed by atoms with Gasteiger partial charge in [-0.15, -0.1) is 0 Å². The van der Waals surface area contributed by atoms with E-state index in [-0.39, 0.29) is 16.7 Å². The van der Waals surface area contributed by atoms with E-state index < -0.39 is 18.6 Å². The van der Waals surface area contributed by atoms with Crippen LogP contribution in [-0.4, -0.2) is 28.7 Å². The molecule has 5 rings (SSSR count). The molecular formula is C19H14F3N3O4S. The quantitative estimate of drug-likeness (QED) is 0.669. The van der Waals surface area contributed by atoms with E-state index in [1.54, 1.807) is 18.2 Å². The summed E-state index contributed by atoms with van der Waals surface area (Å²) in [6.45, 7) is -1.15. The van der Waals surface area contributed by atoms with Crippen LogP contribution in [0.3, 0.4) is 0 Å². The van der Waals surface area contributed by atoms with Gasteiger partial charge in [0.05, 0.1) is 22.3 Å². The summed E-state index contributed by atoms with van der Waals surface area (Å²) in [5.41, 5.74) is 7.50. The normalized spacial score (nSPS) is 14.4. The number of halogens is 3. The molecule has 1 aromatic carbocycles. The molecule has 0 unspecified atom stereocenters. The van der Waals surface area contributed by atoms with Crippen LogP contribution in [0.15, 0.2) is 24.4 Å². The van der Waals surface area contributed by atoms with Gasteiger partial charge < -0.3 is 19.9 Å². The van der Waals surface area contributed by atoms with E-state index in [2.05, 4.69) is 5.10 Å². The Hall–Kier alpha value is -3.21. The predicted molar refractivity (Wildman–Crippen MR) is 100 cm³/mol. The number of aryl methyl sites for hydroxylation is 1. The lowest BCUT2D eigenvalue weighted by Gasteiger charge is -2.18. The van der Waals surface area contributed by atoms with E-state index in [0.29, 0.717) is 52.5 Å². The second-order valence-electron chi connectivity index (χ2n) is 6.84. The number of benzene rings is 1. The lowest BCUT2D eigenvalue weighted by Crippen LogP contribution is -2.20. The van der Waals surface area contributed by atoms with Crippen molar-refractivity contribution in [2.45, 2.75) is 25.6 Å². The van der Waals surface area contributed by atoms with Crippen LogP contribution < -0.4 is 19.9 Å². The first-order valence-corrected chi connectivity index (χ1v) is 9.76. The molecule has 0 saturated carbocycles. The van der Waals surface area contributed by atoms with Crippen molar-refractivity contribution in [2.75, 3.05) is 6.79 Å². The van der Waals surface area contributed by atoms with Gasteiger partial charge in [-0.2, -0.15) is 18.3 Å². The summed E-state index contributed by atoms with van der Waals surface area (Å²) < 4.78 is 56.8. The molecule has 0 saturated heterocycles. The number of amides is 1. The number of rotatable bonds is 4. The molecule has 0 radical (unpaired) electrons. The third-order valence-electron chi connectivity index (χ3n) is 4.88. The molecule has 2 aliphatic rings. The van der Waals surface area contributed by atoms with E-state index in [0.717, 1.165) is 16.0 Å². The van der Waals surface area contributed by atoms with Crippen LogP contribution in [-0.2, 0) is 19.4 Å². The Labute approximate surface area is 171 Å². The number of thiophene rings is 1. The van der Waals surface area contributed by atoms with Crippen molar-refractivity contribution in [3.8, 4) is 33.6 Å². The molecule has 2 N–H and O–H groups in total. The van der Waals surface area contributed by atoms with Crippen LogP contribution in [0.2, 0.25) is 0 Å². The number of hydrogen-bond donors (Lipinski definition) is 1. The summed E-state index contributed by atoms with van der Waals surface area (Å²) in [5.74, 6) is 0.810. The van der Waals surface area contributed by atoms with Gasteiger partial charge in [0.2, 0.25) is 6.79 Å². The van der Waals surface area contributed by atoms with E-state index in [1.165, 1.54) is 6.20 Å². The van der Waals surface area contributed by atoms with Crippen molar-refractivity contribution in [3.63, 3.8) is 0 Å². The molecule has 0 fully saturated rings. The molecule has 0 spiro atoms. The molecule has 3 aromatic rings. The van der Waals surface area contributed by atoms with Gasteiger partial charge in [0.1, 0.15) is 12.3 Å². The number of nitrogens with two attached hydrogens (primary N) is 1. The Morgan fingerprint density at radius 2 is 2.07 bits per heavy atom.